The van der Waals surface area contributed by atoms with Crippen LogP contribution < -0.4 is 10.6 Å². The molecule has 1 atom stereocenters. The zero-order chi connectivity index (χ0) is 26.1. The fourth-order valence-electron chi connectivity index (χ4n) is 5.12. The number of nitrogens with zero attached hydrogens (tertiary/aromatic N) is 4. The second kappa shape index (κ2) is 10.1. The van der Waals surface area contributed by atoms with E-state index in [4.69, 9.17) is 4.74 Å². The largest absolute Gasteiger partial charge is 0.380 e. The van der Waals surface area contributed by atoms with Gasteiger partial charge in [-0.25, -0.2) is 0 Å². The number of rotatable bonds is 7. The van der Waals surface area contributed by atoms with Gasteiger partial charge in [0.2, 0.25) is 17.7 Å². The van der Waals surface area contributed by atoms with Crippen molar-refractivity contribution in [3.63, 3.8) is 0 Å². The van der Waals surface area contributed by atoms with Gasteiger partial charge in [0.25, 0.3) is 11.8 Å². The molecule has 3 aliphatic rings. The molecule has 2 saturated heterocycles. The van der Waals surface area contributed by atoms with Gasteiger partial charge in [-0.05, 0) is 31.4 Å². The van der Waals surface area contributed by atoms with Crippen molar-refractivity contribution in [1.29, 1.82) is 0 Å². The van der Waals surface area contributed by atoms with Crippen LogP contribution in [0.3, 0.4) is 0 Å². The summed E-state index contributed by atoms with van der Waals surface area (Å²) in [6.45, 7) is 1.76. The second-order valence-electron chi connectivity index (χ2n) is 9.40. The fourth-order valence-corrected chi connectivity index (χ4v) is 5.12. The van der Waals surface area contributed by atoms with Gasteiger partial charge in [0.05, 0.1) is 23.4 Å². The average Bonchev–Trinajstić information content (AvgIpc) is 3.47. The van der Waals surface area contributed by atoms with Crippen LogP contribution in [-0.2, 0) is 25.7 Å². The Kier molecular flexibility index (Phi) is 6.74. The Bertz CT molecular complexity index is 1260. The summed E-state index contributed by atoms with van der Waals surface area (Å²) in [4.78, 5) is 64.8. The van der Waals surface area contributed by atoms with E-state index in [9.17, 15) is 24.0 Å². The van der Waals surface area contributed by atoms with Gasteiger partial charge in [0.1, 0.15) is 12.6 Å². The number of hydrogen-bond acceptors (Lipinski definition) is 8. The molecule has 3 aliphatic heterocycles. The van der Waals surface area contributed by atoms with Crippen molar-refractivity contribution in [2.75, 3.05) is 32.1 Å². The van der Waals surface area contributed by atoms with Gasteiger partial charge in [-0.1, -0.05) is 6.07 Å². The average molecular weight is 509 g/mol. The molecule has 0 saturated carbocycles. The Morgan fingerprint density at radius 1 is 1.14 bits per heavy atom. The minimum atomic E-state index is -1.01. The first-order chi connectivity index (χ1) is 17.9. The number of benzene rings is 1. The molecule has 2 fully saturated rings. The quantitative estimate of drug-likeness (QED) is 0.521. The maximum absolute atomic E-state index is 13.2. The number of imide groups is 2. The van der Waals surface area contributed by atoms with E-state index in [0.29, 0.717) is 25.3 Å². The lowest BCUT2D eigenvalue weighted by molar-refractivity contribution is -0.137. The first-order valence-electron chi connectivity index (χ1n) is 12.3. The summed E-state index contributed by atoms with van der Waals surface area (Å²) in [7, 11) is 1.51. The predicted molar refractivity (Wildman–Crippen MR) is 129 cm³/mol. The number of fused-ring (bicyclic) bond motifs is 1. The van der Waals surface area contributed by atoms with Crippen molar-refractivity contribution < 1.29 is 28.7 Å². The number of carbonyl (C=O) groups excluding carboxylic acids is 5. The molecule has 5 amide bonds. The van der Waals surface area contributed by atoms with Crippen molar-refractivity contribution in [3.05, 3.63) is 47.3 Å². The van der Waals surface area contributed by atoms with Crippen LogP contribution in [0.25, 0.3) is 0 Å². The number of methoxy groups -OCH3 is 1. The maximum atomic E-state index is 13.2. The summed E-state index contributed by atoms with van der Waals surface area (Å²) in [5, 5.41) is 9.93. The van der Waals surface area contributed by atoms with E-state index in [0.717, 1.165) is 23.3 Å². The number of aromatic nitrogens is 2. The van der Waals surface area contributed by atoms with Gasteiger partial charge in [-0.3, -0.25) is 38.9 Å². The van der Waals surface area contributed by atoms with E-state index in [1.165, 1.54) is 7.11 Å². The molecule has 2 N–H and O–H groups in total. The third-order valence-corrected chi connectivity index (χ3v) is 7.07. The van der Waals surface area contributed by atoms with Crippen LogP contribution in [0.15, 0.2) is 30.6 Å². The summed E-state index contributed by atoms with van der Waals surface area (Å²) in [6.07, 6.45) is 5.46. The van der Waals surface area contributed by atoms with Gasteiger partial charge < -0.3 is 15.0 Å². The third kappa shape index (κ3) is 4.71. The molecule has 4 heterocycles. The summed E-state index contributed by atoms with van der Waals surface area (Å²) in [5.41, 5.74) is 1.83. The van der Waals surface area contributed by atoms with Crippen LogP contribution in [0.1, 0.15) is 58.0 Å². The van der Waals surface area contributed by atoms with E-state index in [1.54, 1.807) is 29.3 Å². The van der Waals surface area contributed by atoms with Gasteiger partial charge >= 0.3 is 0 Å². The third-order valence-electron chi connectivity index (χ3n) is 7.07. The normalized spacial score (nSPS) is 20.3. The number of carbonyl (C=O) groups is 5. The Hall–Kier alpha value is -4.06. The molecule has 1 aromatic heterocycles. The molecule has 2 aromatic rings. The van der Waals surface area contributed by atoms with Crippen LogP contribution in [0.5, 0.6) is 0 Å². The monoisotopic (exact) mass is 508 g/mol. The Balaban J connectivity index is 1.24. The standard InChI is InChI=1S/C25H28N6O6/c1-37-14-21(33)29-9-7-16(8-10-29)30-13-15(12-27-30)11-26-18-4-2-3-17-22(18)25(36)31(24(17)35)19-5-6-20(32)28-23(19)34/h2-4,12-13,16,19,26H,5-11,14H2,1H3,(H,28,32,34). The van der Waals surface area contributed by atoms with Crippen molar-refractivity contribution in [2.24, 2.45) is 0 Å². The molecule has 1 aromatic carbocycles. The van der Waals surface area contributed by atoms with Gasteiger partial charge in [0.15, 0.2) is 0 Å². The summed E-state index contributed by atoms with van der Waals surface area (Å²) < 4.78 is 6.84. The highest BCUT2D eigenvalue weighted by Crippen LogP contribution is 2.32. The molecular formula is C25H28N6O6. The zero-order valence-corrected chi connectivity index (χ0v) is 20.4. The number of anilines is 1. The smallest absolute Gasteiger partial charge is 0.264 e. The van der Waals surface area contributed by atoms with Gasteiger partial charge in [0, 0.05) is 50.6 Å². The minimum absolute atomic E-state index is 0.00843. The van der Waals surface area contributed by atoms with Gasteiger partial charge in [-0.15, -0.1) is 0 Å². The Labute approximate surface area is 212 Å². The minimum Gasteiger partial charge on any atom is -0.380 e. The Morgan fingerprint density at radius 2 is 1.92 bits per heavy atom. The van der Waals surface area contributed by atoms with Crippen LogP contribution in [0, 0.1) is 0 Å². The number of nitrogens with one attached hydrogen (secondary N) is 2. The molecule has 0 spiro atoms. The lowest BCUT2D eigenvalue weighted by atomic mass is 10.0. The number of ether oxygens (including phenoxy) is 1. The molecular weight excluding hydrogens is 480 g/mol. The second-order valence-corrected chi connectivity index (χ2v) is 9.40. The summed E-state index contributed by atoms with van der Waals surface area (Å²) in [6, 6.07) is 4.14. The van der Waals surface area contributed by atoms with Crippen molar-refractivity contribution >= 4 is 35.2 Å². The van der Waals surface area contributed by atoms with Crippen molar-refractivity contribution in [2.45, 2.75) is 44.3 Å². The fraction of sp³-hybridized carbons (Fsp3) is 0.440. The number of hydrogen-bond donors (Lipinski definition) is 2. The summed E-state index contributed by atoms with van der Waals surface area (Å²) >= 11 is 0. The Morgan fingerprint density at radius 3 is 2.65 bits per heavy atom. The lowest BCUT2D eigenvalue weighted by Crippen LogP contribution is -2.54. The molecule has 37 heavy (non-hydrogen) atoms. The van der Waals surface area contributed by atoms with E-state index >= 15 is 0 Å². The first kappa shape index (κ1) is 24.6. The zero-order valence-electron chi connectivity index (χ0n) is 20.4. The highest BCUT2D eigenvalue weighted by Gasteiger charge is 2.45. The molecule has 0 bridgehead atoms. The summed E-state index contributed by atoms with van der Waals surface area (Å²) in [5.74, 6) is -2.15. The molecule has 12 heteroatoms. The number of piperidine rings is 2. The maximum Gasteiger partial charge on any atom is 0.264 e. The molecule has 5 rings (SSSR count). The first-order valence-corrected chi connectivity index (χ1v) is 12.3. The van der Waals surface area contributed by atoms with E-state index in [-0.39, 0.29) is 42.5 Å². The topological polar surface area (TPSA) is 143 Å². The molecule has 12 nitrogen and oxygen atoms in total. The van der Waals surface area contributed by atoms with Crippen molar-refractivity contribution in [3.8, 4) is 0 Å². The van der Waals surface area contributed by atoms with E-state index in [1.807, 2.05) is 10.9 Å². The van der Waals surface area contributed by atoms with Crippen LogP contribution in [0.4, 0.5) is 5.69 Å². The van der Waals surface area contributed by atoms with E-state index < -0.39 is 29.7 Å². The number of amides is 5. The van der Waals surface area contributed by atoms with Crippen LogP contribution >= 0.6 is 0 Å². The predicted octanol–water partition coefficient (Wildman–Crippen LogP) is 0.706. The highest BCUT2D eigenvalue weighted by atomic mass is 16.5. The lowest BCUT2D eigenvalue weighted by Gasteiger charge is -2.32. The highest BCUT2D eigenvalue weighted by molar-refractivity contribution is 6.25. The van der Waals surface area contributed by atoms with Crippen LogP contribution in [-0.4, -0.2) is 82.0 Å². The molecule has 0 aliphatic carbocycles. The van der Waals surface area contributed by atoms with Gasteiger partial charge in [-0.2, -0.15) is 5.10 Å². The molecule has 1 unspecified atom stereocenters. The van der Waals surface area contributed by atoms with Crippen LogP contribution in [0.2, 0.25) is 0 Å². The van der Waals surface area contributed by atoms with E-state index in [2.05, 4.69) is 15.7 Å². The number of likely N-dealkylation sites (tertiary alicyclic amines) is 1. The molecule has 194 valence electrons. The SMILES string of the molecule is COCC(=O)N1CCC(n2cc(CNc3cccc4c3C(=O)N(C3CCC(=O)NC3=O)C4=O)cn2)CC1. The molecule has 0 radical (unpaired) electrons. The van der Waals surface area contributed by atoms with Crippen molar-refractivity contribution in [1.82, 2.24) is 24.9 Å².